The molecule has 0 aliphatic carbocycles. The molecule has 1 aliphatic heterocycles. The van der Waals surface area contributed by atoms with E-state index in [1.165, 1.54) is 5.56 Å². The van der Waals surface area contributed by atoms with Crippen molar-refractivity contribution in [2.24, 2.45) is 0 Å². The van der Waals surface area contributed by atoms with Crippen LogP contribution in [-0.2, 0) is 19.5 Å². The van der Waals surface area contributed by atoms with Crippen LogP contribution < -0.4 is 10.6 Å². The molecule has 3 aromatic heterocycles. The van der Waals surface area contributed by atoms with Crippen molar-refractivity contribution in [2.75, 3.05) is 11.9 Å². The van der Waals surface area contributed by atoms with Gasteiger partial charge in [0.15, 0.2) is 5.82 Å². The number of aromatic nitrogens is 5. The summed E-state index contributed by atoms with van der Waals surface area (Å²) in [6.07, 6.45) is 6.16. The van der Waals surface area contributed by atoms with Crippen LogP contribution in [-0.4, -0.2) is 37.2 Å². The third-order valence-electron chi connectivity index (χ3n) is 5.57. The number of pyridine rings is 2. The number of carbonyl (C=O) groups is 1. The van der Waals surface area contributed by atoms with Gasteiger partial charge in [0, 0.05) is 61.0 Å². The first-order chi connectivity index (χ1) is 15.7. The molecule has 0 atom stereocenters. The van der Waals surface area contributed by atoms with Gasteiger partial charge in [-0.25, -0.2) is 0 Å². The zero-order chi connectivity index (χ0) is 21.9. The van der Waals surface area contributed by atoms with E-state index >= 15 is 0 Å². The van der Waals surface area contributed by atoms with E-state index in [9.17, 15) is 4.79 Å². The fraction of sp³-hybridized carbons (Fsp3) is 0.208. The van der Waals surface area contributed by atoms with Crippen LogP contribution in [0.3, 0.4) is 0 Å². The van der Waals surface area contributed by atoms with Crippen LogP contribution in [0.4, 0.5) is 5.69 Å². The summed E-state index contributed by atoms with van der Waals surface area (Å²) in [7, 11) is 0. The summed E-state index contributed by atoms with van der Waals surface area (Å²) in [4.78, 5) is 21.8. The maximum atomic E-state index is 12.9. The topological polar surface area (TPSA) is 97.6 Å². The number of hydrogen-bond acceptors (Lipinski definition) is 6. The predicted molar refractivity (Wildman–Crippen MR) is 122 cm³/mol. The summed E-state index contributed by atoms with van der Waals surface area (Å²) in [5.74, 6) is 0.492. The molecule has 0 unspecified atom stereocenters. The van der Waals surface area contributed by atoms with Gasteiger partial charge in [0.25, 0.3) is 5.91 Å². The molecular formula is C24H23N7O. The Bertz CT molecular complexity index is 1280. The van der Waals surface area contributed by atoms with E-state index in [2.05, 4.69) is 36.9 Å². The molecule has 0 radical (unpaired) electrons. The maximum absolute atomic E-state index is 12.9. The minimum atomic E-state index is -0.270. The second-order valence-electron chi connectivity index (χ2n) is 7.66. The normalized spacial score (nSPS) is 12.9. The second kappa shape index (κ2) is 8.68. The zero-order valence-electron chi connectivity index (χ0n) is 17.7. The number of fused-ring (bicyclic) bond motifs is 1. The van der Waals surface area contributed by atoms with Gasteiger partial charge in [-0.2, -0.15) is 0 Å². The van der Waals surface area contributed by atoms with Gasteiger partial charge in [-0.15, -0.1) is 10.2 Å². The fourth-order valence-electron chi connectivity index (χ4n) is 3.88. The summed E-state index contributed by atoms with van der Waals surface area (Å²) in [6, 6.07) is 13.4. The van der Waals surface area contributed by atoms with Crippen LogP contribution in [0, 0.1) is 0 Å². The van der Waals surface area contributed by atoms with E-state index < -0.39 is 0 Å². The third kappa shape index (κ3) is 4.00. The number of amides is 1. The smallest absolute Gasteiger partial charge is 0.274 e. The molecule has 5 rings (SSSR count). The van der Waals surface area contributed by atoms with Crippen LogP contribution in [0.2, 0.25) is 0 Å². The average molecular weight is 425 g/mol. The molecule has 8 heteroatoms. The van der Waals surface area contributed by atoms with Crippen LogP contribution in [0.25, 0.3) is 22.5 Å². The van der Waals surface area contributed by atoms with E-state index in [-0.39, 0.29) is 5.91 Å². The standard InChI is InChI=1S/C24H23N7O/c1-2-31-15-28-30-23(31)17-4-3-5-20(11-17)29-24(32)22-12-16(6-9-26-22)18-10-19-13-25-8-7-21(19)27-14-18/h3-6,9-12,14-15,25H,2,7-8,13H2,1H3,(H,29,32). The molecule has 0 fully saturated rings. The molecular weight excluding hydrogens is 402 g/mol. The quantitative estimate of drug-likeness (QED) is 0.509. The molecule has 0 bridgehead atoms. The molecule has 4 heterocycles. The molecule has 0 saturated carbocycles. The summed E-state index contributed by atoms with van der Waals surface area (Å²) in [6.45, 7) is 4.57. The Morgan fingerprint density at radius 1 is 1.12 bits per heavy atom. The van der Waals surface area contributed by atoms with Crippen molar-refractivity contribution in [1.29, 1.82) is 0 Å². The highest BCUT2D eigenvalue weighted by Gasteiger charge is 2.14. The summed E-state index contributed by atoms with van der Waals surface area (Å²) in [5.41, 5.74) is 6.14. The van der Waals surface area contributed by atoms with Crippen molar-refractivity contribution >= 4 is 11.6 Å². The van der Waals surface area contributed by atoms with Crippen LogP contribution in [0.5, 0.6) is 0 Å². The van der Waals surface area contributed by atoms with E-state index in [1.807, 2.05) is 48.0 Å². The van der Waals surface area contributed by atoms with Crippen LogP contribution >= 0.6 is 0 Å². The van der Waals surface area contributed by atoms with Gasteiger partial charge in [0.2, 0.25) is 0 Å². The SMILES string of the molecule is CCn1cnnc1-c1cccc(NC(=O)c2cc(-c3cnc4c(c3)CNCC4)ccn2)c1. The summed E-state index contributed by atoms with van der Waals surface area (Å²) >= 11 is 0. The number of nitrogens with one attached hydrogen (secondary N) is 2. The molecule has 1 aliphatic rings. The fourth-order valence-corrected chi connectivity index (χ4v) is 3.88. The third-order valence-corrected chi connectivity index (χ3v) is 5.57. The van der Waals surface area contributed by atoms with E-state index in [0.717, 1.165) is 54.3 Å². The minimum Gasteiger partial charge on any atom is -0.321 e. The molecule has 4 aromatic rings. The average Bonchev–Trinajstić information content (AvgIpc) is 3.33. The largest absolute Gasteiger partial charge is 0.321 e. The molecule has 1 amide bonds. The first-order valence-electron chi connectivity index (χ1n) is 10.7. The van der Waals surface area contributed by atoms with Crippen LogP contribution in [0.15, 0.2) is 61.2 Å². The van der Waals surface area contributed by atoms with E-state index in [1.54, 1.807) is 18.6 Å². The zero-order valence-corrected chi connectivity index (χ0v) is 17.7. The van der Waals surface area contributed by atoms with Crippen molar-refractivity contribution in [3.05, 3.63) is 78.1 Å². The Morgan fingerprint density at radius 3 is 2.97 bits per heavy atom. The molecule has 32 heavy (non-hydrogen) atoms. The predicted octanol–water partition coefficient (Wildman–Crippen LogP) is 3.32. The Balaban J connectivity index is 1.37. The lowest BCUT2D eigenvalue weighted by Crippen LogP contribution is -2.24. The number of rotatable bonds is 5. The molecule has 2 N–H and O–H groups in total. The lowest BCUT2D eigenvalue weighted by molar-refractivity contribution is 0.102. The Hall–Kier alpha value is -3.91. The van der Waals surface area contributed by atoms with Gasteiger partial charge < -0.3 is 15.2 Å². The number of nitrogens with zero attached hydrogens (tertiary/aromatic N) is 5. The Kier molecular flexibility index (Phi) is 5.43. The first kappa shape index (κ1) is 20.0. The highest BCUT2D eigenvalue weighted by atomic mass is 16.1. The molecule has 0 saturated heterocycles. The van der Waals surface area contributed by atoms with Crippen molar-refractivity contribution in [3.63, 3.8) is 0 Å². The minimum absolute atomic E-state index is 0.270. The lowest BCUT2D eigenvalue weighted by atomic mass is 10.0. The van der Waals surface area contributed by atoms with Crippen LogP contribution in [0.1, 0.15) is 28.7 Å². The highest BCUT2D eigenvalue weighted by molar-refractivity contribution is 6.03. The monoisotopic (exact) mass is 425 g/mol. The lowest BCUT2D eigenvalue weighted by Gasteiger charge is -2.17. The number of anilines is 1. The summed E-state index contributed by atoms with van der Waals surface area (Å²) in [5, 5.41) is 14.5. The van der Waals surface area contributed by atoms with Gasteiger partial charge in [-0.1, -0.05) is 12.1 Å². The van der Waals surface area contributed by atoms with E-state index in [4.69, 9.17) is 0 Å². The number of aryl methyl sites for hydroxylation is 1. The van der Waals surface area contributed by atoms with Crippen molar-refractivity contribution in [2.45, 2.75) is 26.4 Å². The number of benzene rings is 1. The van der Waals surface area contributed by atoms with Crippen molar-refractivity contribution in [3.8, 4) is 22.5 Å². The summed E-state index contributed by atoms with van der Waals surface area (Å²) < 4.78 is 1.95. The molecule has 160 valence electrons. The molecule has 0 spiro atoms. The second-order valence-corrected chi connectivity index (χ2v) is 7.66. The number of carbonyl (C=O) groups excluding carboxylic acids is 1. The van der Waals surface area contributed by atoms with Gasteiger partial charge in [0.1, 0.15) is 12.0 Å². The van der Waals surface area contributed by atoms with Gasteiger partial charge in [-0.05, 0) is 48.4 Å². The highest BCUT2D eigenvalue weighted by Crippen LogP contribution is 2.24. The molecule has 8 nitrogen and oxygen atoms in total. The van der Waals surface area contributed by atoms with Crippen molar-refractivity contribution in [1.82, 2.24) is 30.0 Å². The Labute approximate surface area is 185 Å². The maximum Gasteiger partial charge on any atom is 0.274 e. The van der Waals surface area contributed by atoms with Gasteiger partial charge in [-0.3, -0.25) is 14.8 Å². The van der Waals surface area contributed by atoms with Crippen molar-refractivity contribution < 1.29 is 4.79 Å². The van der Waals surface area contributed by atoms with Gasteiger partial charge >= 0.3 is 0 Å². The Morgan fingerprint density at radius 2 is 2.06 bits per heavy atom. The van der Waals surface area contributed by atoms with Gasteiger partial charge in [0.05, 0.1) is 0 Å². The van der Waals surface area contributed by atoms with E-state index in [0.29, 0.717) is 11.4 Å². The number of hydrogen-bond donors (Lipinski definition) is 2. The first-order valence-corrected chi connectivity index (χ1v) is 10.7. The molecule has 1 aromatic carbocycles.